The van der Waals surface area contributed by atoms with Crippen LogP contribution in [-0.4, -0.2) is 33.9 Å². The lowest BCUT2D eigenvalue weighted by Gasteiger charge is -2.24. The molecule has 6 heteroatoms. The number of ether oxygens (including phenoxy) is 4. The quantitative estimate of drug-likeness (QED) is 0.197. The predicted octanol–water partition coefficient (Wildman–Crippen LogP) is 7.23. The molecule has 0 bridgehead atoms. The molecule has 0 saturated carbocycles. The number of halogens is 1. The highest BCUT2D eigenvalue weighted by atomic mass is 19.1. The monoisotopic (exact) mass is 520 g/mol. The van der Waals surface area contributed by atoms with Crippen molar-refractivity contribution in [2.45, 2.75) is 45.1 Å². The van der Waals surface area contributed by atoms with Crippen molar-refractivity contribution in [2.75, 3.05) is 27.9 Å². The summed E-state index contributed by atoms with van der Waals surface area (Å²) in [6, 6.07) is 18.5. The first-order valence-electron chi connectivity index (χ1n) is 12.6. The SMILES string of the molecule is COCC=C[C@H](CC(=O)OC)c1ccc(OCc2ccc(C(C)(C)C)c(-c3cc(OC)ccc3F)c2)cc1. The first-order valence-corrected chi connectivity index (χ1v) is 12.6. The highest BCUT2D eigenvalue weighted by molar-refractivity contribution is 5.72. The third-order valence-electron chi connectivity index (χ3n) is 6.31. The number of methoxy groups -OCH3 is 3. The van der Waals surface area contributed by atoms with Gasteiger partial charge in [-0.15, -0.1) is 0 Å². The smallest absolute Gasteiger partial charge is 0.306 e. The number of hydrogen-bond donors (Lipinski definition) is 0. The summed E-state index contributed by atoms with van der Waals surface area (Å²) in [4.78, 5) is 11.9. The maximum atomic E-state index is 14.9. The molecule has 0 saturated heterocycles. The summed E-state index contributed by atoms with van der Waals surface area (Å²) >= 11 is 0. The molecule has 3 aromatic rings. The Labute approximate surface area is 225 Å². The molecular formula is C32H37FO5. The van der Waals surface area contributed by atoms with Crippen molar-refractivity contribution in [1.29, 1.82) is 0 Å². The molecule has 38 heavy (non-hydrogen) atoms. The summed E-state index contributed by atoms with van der Waals surface area (Å²) in [6.07, 6.45) is 4.08. The predicted molar refractivity (Wildman–Crippen MR) is 148 cm³/mol. The lowest BCUT2D eigenvalue weighted by atomic mass is 9.81. The number of carbonyl (C=O) groups is 1. The average molecular weight is 521 g/mol. The minimum Gasteiger partial charge on any atom is -0.497 e. The first kappa shape index (κ1) is 28.9. The number of allylic oxidation sites excluding steroid dienone is 1. The van der Waals surface area contributed by atoms with Crippen LogP contribution in [0.15, 0.2) is 72.8 Å². The molecule has 0 aromatic heterocycles. The topological polar surface area (TPSA) is 54.0 Å². The molecule has 0 unspecified atom stereocenters. The first-order chi connectivity index (χ1) is 18.2. The van der Waals surface area contributed by atoms with Crippen LogP contribution >= 0.6 is 0 Å². The highest BCUT2D eigenvalue weighted by Gasteiger charge is 2.21. The number of esters is 1. The standard InChI is InChI=1S/C32H37FO5/c1-32(2,3)29-15-9-22(18-27(29)28-20-26(36-5)14-16-30(28)33)21-38-25-12-10-23(11-13-25)24(8-7-17-35-4)19-31(34)37-6/h7-16,18,20,24H,17,19,21H2,1-6H3/t24-/m1/s1. The van der Waals surface area contributed by atoms with Gasteiger partial charge in [0.05, 0.1) is 27.2 Å². The van der Waals surface area contributed by atoms with Crippen LogP contribution < -0.4 is 9.47 Å². The molecule has 0 aliphatic carbocycles. The van der Waals surface area contributed by atoms with Gasteiger partial charge >= 0.3 is 5.97 Å². The third kappa shape index (κ3) is 7.68. The van der Waals surface area contributed by atoms with Crippen LogP contribution in [0.5, 0.6) is 11.5 Å². The van der Waals surface area contributed by atoms with Crippen LogP contribution in [0.1, 0.15) is 49.8 Å². The zero-order chi connectivity index (χ0) is 27.7. The van der Waals surface area contributed by atoms with E-state index in [0.717, 1.165) is 22.3 Å². The number of rotatable bonds is 11. The Morgan fingerprint density at radius 2 is 1.63 bits per heavy atom. The van der Waals surface area contributed by atoms with Gasteiger partial charge in [0, 0.05) is 18.6 Å². The fourth-order valence-electron chi connectivity index (χ4n) is 4.25. The molecule has 0 amide bonds. The molecular weight excluding hydrogens is 483 g/mol. The third-order valence-corrected chi connectivity index (χ3v) is 6.31. The molecule has 0 spiro atoms. The van der Waals surface area contributed by atoms with Gasteiger partial charge in [0.1, 0.15) is 23.9 Å². The number of benzene rings is 3. The zero-order valence-electron chi connectivity index (χ0n) is 23.0. The van der Waals surface area contributed by atoms with Crippen molar-refractivity contribution in [3.05, 3.63) is 95.3 Å². The van der Waals surface area contributed by atoms with E-state index < -0.39 is 0 Å². The molecule has 1 atom stereocenters. The lowest BCUT2D eigenvalue weighted by Crippen LogP contribution is -2.13. The van der Waals surface area contributed by atoms with Crippen molar-refractivity contribution in [3.8, 4) is 22.6 Å². The summed E-state index contributed by atoms with van der Waals surface area (Å²) in [7, 11) is 4.58. The van der Waals surface area contributed by atoms with E-state index in [1.54, 1.807) is 26.4 Å². The molecule has 0 N–H and O–H groups in total. The molecule has 5 nitrogen and oxygen atoms in total. The fourth-order valence-corrected chi connectivity index (χ4v) is 4.25. The Bertz CT molecular complexity index is 1240. The molecule has 0 radical (unpaired) electrons. The number of carbonyl (C=O) groups excluding carboxylic acids is 1. The second-order valence-electron chi connectivity index (χ2n) is 10.1. The largest absolute Gasteiger partial charge is 0.497 e. The van der Waals surface area contributed by atoms with Crippen molar-refractivity contribution in [3.63, 3.8) is 0 Å². The van der Waals surface area contributed by atoms with Gasteiger partial charge in [-0.1, -0.05) is 57.2 Å². The van der Waals surface area contributed by atoms with Gasteiger partial charge in [0.25, 0.3) is 0 Å². The fraction of sp³-hybridized carbons (Fsp3) is 0.344. The molecule has 3 rings (SSSR count). The molecule has 202 valence electrons. The van der Waals surface area contributed by atoms with Crippen LogP contribution in [-0.2, 0) is 26.3 Å². The van der Waals surface area contributed by atoms with E-state index in [-0.39, 0.29) is 29.5 Å². The molecule has 3 aromatic carbocycles. The molecule has 0 fully saturated rings. The van der Waals surface area contributed by atoms with Gasteiger partial charge in [-0.3, -0.25) is 4.79 Å². The van der Waals surface area contributed by atoms with E-state index >= 15 is 0 Å². The van der Waals surface area contributed by atoms with Crippen molar-refractivity contribution in [1.82, 2.24) is 0 Å². The normalized spacial score (nSPS) is 12.4. The second-order valence-corrected chi connectivity index (χ2v) is 10.1. The highest BCUT2D eigenvalue weighted by Crippen LogP contribution is 2.37. The van der Waals surface area contributed by atoms with Crippen LogP contribution in [0.25, 0.3) is 11.1 Å². The summed E-state index contributed by atoms with van der Waals surface area (Å²) < 4.78 is 36.3. The average Bonchev–Trinajstić information content (AvgIpc) is 2.91. The van der Waals surface area contributed by atoms with Gasteiger partial charge in [-0.05, 0) is 64.1 Å². The Morgan fingerprint density at radius 3 is 2.26 bits per heavy atom. The minimum atomic E-state index is -0.300. The summed E-state index contributed by atoms with van der Waals surface area (Å²) in [5.74, 6) is 0.591. The Hall–Kier alpha value is -3.64. The maximum Gasteiger partial charge on any atom is 0.306 e. The number of hydrogen-bond acceptors (Lipinski definition) is 5. The van der Waals surface area contributed by atoms with Crippen LogP contribution in [0.4, 0.5) is 4.39 Å². The Balaban J connectivity index is 1.82. The van der Waals surface area contributed by atoms with Gasteiger partial charge in [-0.2, -0.15) is 0 Å². The molecule has 0 aliphatic heterocycles. The van der Waals surface area contributed by atoms with Crippen molar-refractivity contribution in [2.24, 2.45) is 0 Å². The van der Waals surface area contributed by atoms with Crippen LogP contribution in [0, 0.1) is 5.82 Å². The Kier molecular flexibility index (Phi) is 10.1. The minimum absolute atomic E-state index is 0.128. The van der Waals surface area contributed by atoms with Crippen LogP contribution in [0.2, 0.25) is 0 Å². The second kappa shape index (κ2) is 13.2. The zero-order valence-corrected chi connectivity index (χ0v) is 23.0. The maximum absolute atomic E-state index is 14.9. The van der Waals surface area contributed by atoms with E-state index in [4.69, 9.17) is 18.9 Å². The Morgan fingerprint density at radius 1 is 0.921 bits per heavy atom. The lowest BCUT2D eigenvalue weighted by molar-refractivity contribution is -0.140. The van der Waals surface area contributed by atoms with Crippen molar-refractivity contribution < 1.29 is 28.1 Å². The van der Waals surface area contributed by atoms with Crippen molar-refractivity contribution >= 4 is 5.97 Å². The van der Waals surface area contributed by atoms with E-state index in [1.807, 2.05) is 54.6 Å². The van der Waals surface area contributed by atoms with Crippen LogP contribution in [0.3, 0.4) is 0 Å². The van der Waals surface area contributed by atoms with E-state index in [2.05, 4.69) is 20.8 Å². The summed E-state index contributed by atoms with van der Waals surface area (Å²) in [5.41, 5.74) is 4.07. The van der Waals surface area contributed by atoms with Gasteiger partial charge in [0.15, 0.2) is 0 Å². The van der Waals surface area contributed by atoms with Gasteiger partial charge in [-0.25, -0.2) is 4.39 Å². The van der Waals surface area contributed by atoms with E-state index in [1.165, 1.54) is 13.2 Å². The molecule has 0 aliphatic rings. The van der Waals surface area contributed by atoms with E-state index in [9.17, 15) is 9.18 Å². The van der Waals surface area contributed by atoms with E-state index in [0.29, 0.717) is 30.3 Å². The van der Waals surface area contributed by atoms with Gasteiger partial charge in [0.2, 0.25) is 0 Å². The molecule has 0 heterocycles. The summed E-state index contributed by atoms with van der Waals surface area (Å²) in [5, 5.41) is 0. The summed E-state index contributed by atoms with van der Waals surface area (Å²) in [6.45, 7) is 7.12. The van der Waals surface area contributed by atoms with Gasteiger partial charge < -0.3 is 18.9 Å².